The van der Waals surface area contributed by atoms with Gasteiger partial charge in [-0.2, -0.15) is 0 Å². The lowest BCUT2D eigenvalue weighted by molar-refractivity contribution is 1.10. The minimum absolute atomic E-state index is 0.696. The van der Waals surface area contributed by atoms with Crippen LogP contribution in [0.3, 0.4) is 0 Å². The van der Waals surface area contributed by atoms with Gasteiger partial charge in [-0.15, -0.1) is 0 Å². The van der Waals surface area contributed by atoms with Gasteiger partial charge in [-0.05, 0) is 74.2 Å². The van der Waals surface area contributed by atoms with E-state index in [0.717, 1.165) is 39.1 Å². The van der Waals surface area contributed by atoms with Crippen LogP contribution in [0.15, 0.2) is 158 Å². The molecule has 10 rings (SSSR count). The molecule has 0 saturated carbocycles. The lowest BCUT2D eigenvalue weighted by Crippen LogP contribution is -2.05. The SMILES string of the molecule is Cc1cccc(C)c1-n1c2ccccc2c2cc3c4ccccc4n(-c4c(C)cccc4C)c3c(-c3cc(-c4ccccc4)nc(-c4ccccc4)n3)c21. The molecule has 10 aromatic rings. The lowest BCUT2D eigenvalue weighted by Gasteiger charge is -2.20. The Morgan fingerprint density at radius 3 is 1.30 bits per heavy atom. The molecule has 0 amide bonds. The normalized spacial score (nSPS) is 11.7. The predicted molar refractivity (Wildman–Crippen MR) is 226 cm³/mol. The fourth-order valence-corrected chi connectivity index (χ4v) is 8.64. The van der Waals surface area contributed by atoms with Crippen LogP contribution in [0.25, 0.3) is 88.9 Å². The number of nitrogens with zero attached hydrogens (tertiary/aromatic N) is 4. The Morgan fingerprint density at radius 1 is 0.370 bits per heavy atom. The first-order chi connectivity index (χ1) is 26.5. The fraction of sp³-hybridized carbons (Fsp3) is 0.0800. The second kappa shape index (κ2) is 12.4. The molecule has 0 unspecified atom stereocenters. The van der Waals surface area contributed by atoms with Gasteiger partial charge in [0.05, 0.1) is 44.8 Å². The first kappa shape index (κ1) is 31.9. The molecule has 0 bridgehead atoms. The van der Waals surface area contributed by atoms with Gasteiger partial charge in [0.15, 0.2) is 5.82 Å². The third-order valence-corrected chi connectivity index (χ3v) is 11.0. The van der Waals surface area contributed by atoms with Crippen molar-refractivity contribution in [1.29, 1.82) is 0 Å². The number of para-hydroxylation sites is 4. The summed E-state index contributed by atoms with van der Waals surface area (Å²) in [4.78, 5) is 10.8. The van der Waals surface area contributed by atoms with E-state index >= 15 is 0 Å². The number of fused-ring (bicyclic) bond motifs is 6. The summed E-state index contributed by atoms with van der Waals surface area (Å²) < 4.78 is 5.01. The summed E-state index contributed by atoms with van der Waals surface area (Å²) in [5.41, 5.74) is 16.7. The van der Waals surface area contributed by atoms with E-state index in [1.165, 1.54) is 66.2 Å². The Balaban J connectivity index is 1.51. The number of rotatable bonds is 5. The van der Waals surface area contributed by atoms with Crippen molar-refractivity contribution in [3.05, 3.63) is 180 Å². The smallest absolute Gasteiger partial charge is 0.160 e. The van der Waals surface area contributed by atoms with Crippen LogP contribution in [-0.2, 0) is 0 Å². The first-order valence-corrected chi connectivity index (χ1v) is 18.6. The van der Waals surface area contributed by atoms with Crippen molar-refractivity contribution in [2.45, 2.75) is 27.7 Å². The summed E-state index contributed by atoms with van der Waals surface area (Å²) in [6.07, 6.45) is 0. The molecule has 0 fully saturated rings. The molecule has 0 spiro atoms. The minimum atomic E-state index is 0.696. The van der Waals surface area contributed by atoms with Gasteiger partial charge >= 0.3 is 0 Å². The second-order valence-electron chi connectivity index (χ2n) is 14.4. The van der Waals surface area contributed by atoms with Crippen molar-refractivity contribution in [2.24, 2.45) is 0 Å². The van der Waals surface area contributed by atoms with Gasteiger partial charge in [0.1, 0.15) is 0 Å². The second-order valence-corrected chi connectivity index (χ2v) is 14.4. The van der Waals surface area contributed by atoms with E-state index in [0.29, 0.717) is 5.82 Å². The van der Waals surface area contributed by atoms with Crippen molar-refractivity contribution >= 4 is 43.6 Å². The van der Waals surface area contributed by atoms with Gasteiger partial charge in [0, 0.05) is 38.2 Å². The quantitative estimate of drug-likeness (QED) is 0.180. The zero-order chi connectivity index (χ0) is 36.5. The average molecular weight is 695 g/mol. The molecule has 4 heteroatoms. The van der Waals surface area contributed by atoms with Crippen LogP contribution in [0.2, 0.25) is 0 Å². The van der Waals surface area contributed by atoms with Crippen LogP contribution in [0.5, 0.6) is 0 Å². The Kier molecular flexibility index (Phi) is 7.34. The van der Waals surface area contributed by atoms with Crippen LogP contribution < -0.4 is 0 Å². The van der Waals surface area contributed by atoms with E-state index in [1.54, 1.807) is 0 Å². The maximum Gasteiger partial charge on any atom is 0.160 e. The van der Waals surface area contributed by atoms with E-state index in [4.69, 9.17) is 9.97 Å². The van der Waals surface area contributed by atoms with Crippen LogP contribution >= 0.6 is 0 Å². The number of aryl methyl sites for hydroxylation is 4. The summed E-state index contributed by atoms with van der Waals surface area (Å²) in [5.74, 6) is 0.696. The van der Waals surface area contributed by atoms with Crippen molar-refractivity contribution < 1.29 is 0 Å². The third-order valence-electron chi connectivity index (χ3n) is 11.0. The molecular weight excluding hydrogens is 657 g/mol. The Labute approximate surface area is 314 Å². The van der Waals surface area contributed by atoms with Crippen molar-refractivity contribution in [2.75, 3.05) is 0 Å². The summed E-state index contributed by atoms with van der Waals surface area (Å²) in [7, 11) is 0. The lowest BCUT2D eigenvalue weighted by atomic mass is 9.99. The van der Waals surface area contributed by atoms with Gasteiger partial charge in [-0.1, -0.05) is 133 Å². The summed E-state index contributed by atoms with van der Waals surface area (Å²) >= 11 is 0. The predicted octanol–water partition coefficient (Wildman–Crippen LogP) is 12.9. The molecule has 3 aromatic heterocycles. The Morgan fingerprint density at radius 2 is 0.796 bits per heavy atom. The van der Waals surface area contributed by atoms with Crippen molar-refractivity contribution in [3.8, 4) is 45.3 Å². The average Bonchev–Trinajstić information content (AvgIpc) is 3.70. The molecule has 0 radical (unpaired) electrons. The standard InChI is InChI=1S/C50H38N4/c1-31-17-15-18-32(2)46(31)53-43-27-13-11-25-37(43)39-29-40-38-26-12-14-28-44(38)54(47-33(3)19-16-20-34(47)4)49(40)45(48(39)53)42-30-41(35-21-7-5-8-22-35)51-50(52-42)36-23-9-6-10-24-36/h5-30H,1-4H3. The van der Waals surface area contributed by atoms with E-state index in [2.05, 4.69) is 188 Å². The van der Waals surface area contributed by atoms with E-state index < -0.39 is 0 Å². The monoisotopic (exact) mass is 694 g/mol. The van der Waals surface area contributed by atoms with Gasteiger partial charge in [-0.3, -0.25) is 0 Å². The van der Waals surface area contributed by atoms with Gasteiger partial charge in [0.25, 0.3) is 0 Å². The number of hydrogen-bond acceptors (Lipinski definition) is 2. The largest absolute Gasteiger partial charge is 0.308 e. The fourth-order valence-electron chi connectivity index (χ4n) is 8.64. The molecular formula is C50H38N4. The molecule has 7 aromatic carbocycles. The van der Waals surface area contributed by atoms with E-state index in [1.807, 2.05) is 6.07 Å². The highest BCUT2D eigenvalue weighted by Crippen LogP contribution is 2.47. The topological polar surface area (TPSA) is 35.6 Å². The molecule has 3 heterocycles. The zero-order valence-electron chi connectivity index (χ0n) is 30.8. The molecule has 258 valence electrons. The van der Waals surface area contributed by atoms with Gasteiger partial charge in [-0.25, -0.2) is 9.97 Å². The number of benzene rings is 7. The molecule has 0 aliphatic carbocycles. The molecule has 0 atom stereocenters. The maximum atomic E-state index is 5.56. The highest BCUT2D eigenvalue weighted by molar-refractivity contribution is 6.25. The van der Waals surface area contributed by atoms with E-state index in [9.17, 15) is 0 Å². The number of aromatic nitrogens is 4. The Hall–Kier alpha value is -6.78. The highest BCUT2D eigenvalue weighted by Gasteiger charge is 2.27. The van der Waals surface area contributed by atoms with Crippen molar-refractivity contribution in [3.63, 3.8) is 0 Å². The van der Waals surface area contributed by atoms with Crippen molar-refractivity contribution in [1.82, 2.24) is 19.1 Å². The van der Waals surface area contributed by atoms with Crippen LogP contribution in [0.4, 0.5) is 0 Å². The van der Waals surface area contributed by atoms with Crippen LogP contribution in [0, 0.1) is 27.7 Å². The summed E-state index contributed by atoms with van der Waals surface area (Å²) in [6.45, 7) is 8.89. The first-order valence-electron chi connectivity index (χ1n) is 18.6. The van der Waals surface area contributed by atoms with Gasteiger partial charge < -0.3 is 9.13 Å². The highest BCUT2D eigenvalue weighted by atomic mass is 15.0. The molecule has 0 aliphatic rings. The molecule has 54 heavy (non-hydrogen) atoms. The maximum absolute atomic E-state index is 5.56. The third kappa shape index (κ3) is 4.84. The molecule has 0 saturated heterocycles. The minimum Gasteiger partial charge on any atom is -0.308 e. The van der Waals surface area contributed by atoms with E-state index in [-0.39, 0.29) is 0 Å². The Bertz CT molecular complexity index is 2830. The molecule has 0 N–H and O–H groups in total. The number of hydrogen-bond donors (Lipinski definition) is 0. The van der Waals surface area contributed by atoms with Gasteiger partial charge in [0.2, 0.25) is 0 Å². The summed E-state index contributed by atoms with van der Waals surface area (Å²) in [5, 5.41) is 4.81. The van der Waals surface area contributed by atoms with Crippen LogP contribution in [-0.4, -0.2) is 19.1 Å². The summed E-state index contributed by atoms with van der Waals surface area (Å²) in [6, 6.07) is 56.4. The molecule has 4 nitrogen and oxygen atoms in total. The molecule has 0 aliphatic heterocycles. The zero-order valence-corrected chi connectivity index (χ0v) is 30.8. The van der Waals surface area contributed by atoms with Crippen LogP contribution in [0.1, 0.15) is 22.3 Å².